The fraction of sp³-hybridized carbons (Fsp3) is 0.167. The lowest BCUT2D eigenvalue weighted by Crippen LogP contribution is -2.32. The number of thiophene rings is 1. The zero-order valence-electron chi connectivity index (χ0n) is 14.0. The molecule has 0 unspecified atom stereocenters. The first-order valence-corrected chi connectivity index (χ1v) is 8.85. The molecule has 1 heterocycles. The van der Waals surface area contributed by atoms with E-state index >= 15 is 0 Å². The van der Waals surface area contributed by atoms with Gasteiger partial charge in [-0.1, -0.05) is 18.2 Å². The monoisotopic (exact) mass is 373 g/mol. The van der Waals surface area contributed by atoms with Gasteiger partial charge in [-0.05, 0) is 47.4 Å². The van der Waals surface area contributed by atoms with E-state index in [1.54, 1.807) is 36.4 Å². The molecule has 2 N–H and O–H groups in total. The lowest BCUT2D eigenvalue weighted by atomic mass is 10.1. The second-order valence-corrected chi connectivity index (χ2v) is 6.84. The first kappa shape index (κ1) is 18.8. The molecule has 0 aliphatic rings. The number of anilines is 1. The summed E-state index contributed by atoms with van der Waals surface area (Å²) in [5.74, 6) is -0.250. The maximum atomic E-state index is 11.8. The van der Waals surface area contributed by atoms with Crippen molar-refractivity contribution < 1.29 is 9.59 Å². The molecule has 0 bridgehead atoms. The van der Waals surface area contributed by atoms with Gasteiger partial charge in [0.05, 0.1) is 6.42 Å². The van der Waals surface area contributed by atoms with Gasteiger partial charge in [-0.15, -0.1) is 11.3 Å². The number of nitrogens with one attached hydrogen (secondary N) is 2. The minimum absolute atomic E-state index is 0.0426. The molecule has 7 heteroatoms. The van der Waals surface area contributed by atoms with Crippen molar-refractivity contribution in [2.24, 2.45) is 0 Å². The molecule has 0 fully saturated rings. The Morgan fingerprint density at radius 1 is 1.20 bits per heavy atom. The second kappa shape index (κ2) is 9.10. The number of hydrogen-bond acceptors (Lipinski definition) is 4. The van der Waals surface area contributed by atoms with Crippen LogP contribution in [-0.4, -0.2) is 35.9 Å². The van der Waals surface area contributed by atoms with Gasteiger partial charge < -0.3 is 10.2 Å². The Hall–Kier alpha value is -2.51. The summed E-state index contributed by atoms with van der Waals surface area (Å²) in [7, 11) is 3.46. The highest BCUT2D eigenvalue weighted by molar-refractivity contribution is 7.80. The molecule has 2 aromatic rings. The third kappa shape index (κ3) is 6.48. The van der Waals surface area contributed by atoms with Crippen LogP contribution in [0.5, 0.6) is 0 Å². The average Bonchev–Trinajstić information content (AvgIpc) is 3.08. The molecule has 1 aromatic heterocycles. The molecule has 5 nitrogen and oxygen atoms in total. The Bertz CT molecular complexity index is 766. The van der Waals surface area contributed by atoms with Crippen molar-refractivity contribution in [3.63, 3.8) is 0 Å². The van der Waals surface area contributed by atoms with E-state index in [0.717, 1.165) is 16.1 Å². The summed E-state index contributed by atoms with van der Waals surface area (Å²) < 4.78 is 0. The van der Waals surface area contributed by atoms with E-state index in [9.17, 15) is 9.59 Å². The molecule has 2 amide bonds. The molecular weight excluding hydrogens is 354 g/mol. The van der Waals surface area contributed by atoms with E-state index in [0.29, 0.717) is 6.42 Å². The van der Waals surface area contributed by atoms with Gasteiger partial charge in [0.2, 0.25) is 11.8 Å². The molecule has 0 saturated heterocycles. The fourth-order valence-electron chi connectivity index (χ4n) is 1.90. The highest BCUT2D eigenvalue weighted by atomic mass is 32.1. The summed E-state index contributed by atoms with van der Waals surface area (Å²) in [6.45, 7) is 0. The maximum Gasteiger partial charge on any atom is 0.250 e. The van der Waals surface area contributed by atoms with Gasteiger partial charge in [-0.3, -0.25) is 14.9 Å². The van der Waals surface area contributed by atoms with Crippen LogP contribution in [0.3, 0.4) is 0 Å². The number of benzene rings is 1. The first-order chi connectivity index (χ1) is 11.9. The normalized spacial score (nSPS) is 10.5. The Kier molecular flexibility index (Phi) is 6.85. The molecule has 0 saturated carbocycles. The molecule has 0 radical (unpaired) electrons. The molecule has 0 aliphatic carbocycles. The van der Waals surface area contributed by atoms with E-state index in [1.807, 2.05) is 41.8 Å². The van der Waals surface area contributed by atoms with Crippen LogP contribution in [0, 0.1) is 0 Å². The highest BCUT2D eigenvalue weighted by Crippen LogP contribution is 2.11. The van der Waals surface area contributed by atoms with Crippen molar-refractivity contribution in [2.45, 2.75) is 6.42 Å². The molecule has 0 aliphatic heterocycles. The first-order valence-electron chi connectivity index (χ1n) is 7.56. The van der Waals surface area contributed by atoms with Crippen LogP contribution < -0.4 is 10.6 Å². The van der Waals surface area contributed by atoms with E-state index in [-0.39, 0.29) is 16.9 Å². The maximum absolute atomic E-state index is 11.8. The van der Waals surface area contributed by atoms with Crippen LogP contribution >= 0.6 is 23.6 Å². The molecule has 2 rings (SSSR count). The van der Waals surface area contributed by atoms with E-state index < -0.39 is 0 Å². The summed E-state index contributed by atoms with van der Waals surface area (Å²) in [5.41, 5.74) is 1.66. The van der Waals surface area contributed by atoms with Gasteiger partial charge >= 0.3 is 0 Å². The number of amides is 2. The summed E-state index contributed by atoms with van der Waals surface area (Å²) >= 11 is 6.68. The second-order valence-electron chi connectivity index (χ2n) is 5.45. The van der Waals surface area contributed by atoms with E-state index in [1.165, 1.54) is 6.08 Å². The topological polar surface area (TPSA) is 61.4 Å². The van der Waals surface area contributed by atoms with E-state index in [2.05, 4.69) is 10.6 Å². The molecule has 130 valence electrons. The fourth-order valence-corrected chi connectivity index (χ4v) is 2.73. The van der Waals surface area contributed by atoms with Gasteiger partial charge in [0.15, 0.2) is 5.11 Å². The molecule has 1 aromatic carbocycles. The minimum Gasteiger partial charge on any atom is -0.349 e. The van der Waals surface area contributed by atoms with Crippen LogP contribution in [-0.2, 0) is 16.0 Å². The van der Waals surface area contributed by atoms with Crippen molar-refractivity contribution in [1.29, 1.82) is 0 Å². The van der Waals surface area contributed by atoms with Crippen LogP contribution in [0.1, 0.15) is 10.4 Å². The molecular formula is C18H19N3O2S2. The summed E-state index contributed by atoms with van der Waals surface area (Å²) in [5, 5.41) is 7.70. The number of thiocarbonyl (C=S) groups is 1. The minimum atomic E-state index is -0.293. The smallest absolute Gasteiger partial charge is 0.250 e. The van der Waals surface area contributed by atoms with Gasteiger partial charge in [0, 0.05) is 30.7 Å². The average molecular weight is 374 g/mol. The Morgan fingerprint density at radius 2 is 1.92 bits per heavy atom. The number of hydrogen-bond donors (Lipinski definition) is 2. The number of rotatable bonds is 5. The van der Waals surface area contributed by atoms with E-state index in [4.69, 9.17) is 12.2 Å². The SMILES string of the molecule is CN(C)C(=O)Cc1ccc(NC(=S)NC(=O)/C=C/c2cccs2)cc1. The van der Waals surface area contributed by atoms with Gasteiger partial charge in [0.1, 0.15) is 0 Å². The number of carbonyl (C=O) groups is 2. The summed E-state index contributed by atoms with van der Waals surface area (Å²) in [6, 6.07) is 11.2. The Labute approximate surface area is 156 Å². The summed E-state index contributed by atoms with van der Waals surface area (Å²) in [4.78, 5) is 26.0. The van der Waals surface area contributed by atoms with Crippen LogP contribution in [0.15, 0.2) is 47.9 Å². The molecule has 25 heavy (non-hydrogen) atoms. The largest absolute Gasteiger partial charge is 0.349 e. The highest BCUT2D eigenvalue weighted by Gasteiger charge is 2.06. The van der Waals surface area contributed by atoms with Crippen molar-refractivity contribution in [3.8, 4) is 0 Å². The van der Waals surface area contributed by atoms with Crippen LogP contribution in [0.4, 0.5) is 5.69 Å². The summed E-state index contributed by atoms with van der Waals surface area (Å²) in [6.07, 6.45) is 3.52. The lowest BCUT2D eigenvalue weighted by Gasteiger charge is -2.11. The van der Waals surface area contributed by atoms with Crippen molar-refractivity contribution in [3.05, 3.63) is 58.3 Å². The predicted molar refractivity (Wildman–Crippen MR) is 107 cm³/mol. The van der Waals surface area contributed by atoms with Crippen molar-refractivity contribution in [2.75, 3.05) is 19.4 Å². The third-order valence-corrected chi connectivity index (χ3v) is 4.29. The predicted octanol–water partition coefficient (Wildman–Crippen LogP) is 2.91. The number of nitrogens with zero attached hydrogens (tertiary/aromatic N) is 1. The van der Waals surface area contributed by atoms with Gasteiger partial charge in [-0.2, -0.15) is 0 Å². The molecule has 0 spiro atoms. The Morgan fingerprint density at radius 3 is 2.52 bits per heavy atom. The standard InChI is InChI=1S/C18H19N3O2S2/c1-21(2)17(23)12-13-5-7-14(8-6-13)19-18(24)20-16(22)10-9-15-4-3-11-25-15/h3-11H,12H2,1-2H3,(H2,19,20,22,24)/b10-9+. The molecule has 0 atom stereocenters. The van der Waals surface area contributed by atoms with Crippen molar-refractivity contribution in [1.82, 2.24) is 10.2 Å². The Balaban J connectivity index is 1.83. The van der Waals surface area contributed by atoms with Crippen molar-refractivity contribution >= 4 is 52.2 Å². The van der Waals surface area contributed by atoms with Gasteiger partial charge in [-0.25, -0.2) is 0 Å². The quantitative estimate of drug-likeness (QED) is 0.625. The number of carbonyl (C=O) groups excluding carboxylic acids is 2. The zero-order chi connectivity index (χ0) is 18.2. The lowest BCUT2D eigenvalue weighted by molar-refractivity contribution is -0.128. The van der Waals surface area contributed by atoms with Gasteiger partial charge in [0.25, 0.3) is 0 Å². The third-order valence-electron chi connectivity index (χ3n) is 3.24. The number of likely N-dealkylation sites (N-methyl/N-ethyl adjacent to an activating group) is 1. The van der Waals surface area contributed by atoms with Crippen LogP contribution in [0.2, 0.25) is 0 Å². The van der Waals surface area contributed by atoms with Crippen LogP contribution in [0.25, 0.3) is 6.08 Å². The zero-order valence-corrected chi connectivity index (χ0v) is 15.6.